The van der Waals surface area contributed by atoms with Crippen LogP contribution in [0.25, 0.3) is 0 Å². The number of benzene rings is 4. The molecule has 0 aromatic heterocycles. The van der Waals surface area contributed by atoms with Gasteiger partial charge < -0.3 is 38.5 Å². The maximum Gasteiger partial charge on any atom is 0.313 e. The third-order valence-corrected chi connectivity index (χ3v) is 17.5. The van der Waals surface area contributed by atoms with Crippen LogP contribution in [-0.4, -0.2) is 115 Å². The number of carbonyl (C=O) groups is 4. The van der Waals surface area contributed by atoms with Crippen molar-refractivity contribution in [1.82, 2.24) is 9.80 Å². The van der Waals surface area contributed by atoms with Gasteiger partial charge >= 0.3 is 11.9 Å². The molecule has 12 nitrogen and oxygen atoms in total. The lowest BCUT2D eigenvalue weighted by atomic mass is 9.70. The lowest BCUT2D eigenvalue weighted by molar-refractivity contribution is -0.145. The van der Waals surface area contributed by atoms with Crippen LogP contribution in [0, 0.1) is 11.8 Å². The molecule has 0 unspecified atom stereocenters. The molecule has 2 saturated carbocycles. The van der Waals surface area contributed by atoms with E-state index in [1.165, 1.54) is 84.8 Å². The van der Waals surface area contributed by atoms with Crippen molar-refractivity contribution in [2.75, 3.05) is 91.6 Å². The topological polar surface area (TPSA) is 118 Å². The van der Waals surface area contributed by atoms with Crippen molar-refractivity contribution in [3.05, 3.63) is 116 Å². The van der Waals surface area contributed by atoms with E-state index in [0.29, 0.717) is 25.0 Å². The van der Waals surface area contributed by atoms with Crippen molar-refractivity contribution in [1.29, 1.82) is 0 Å². The van der Waals surface area contributed by atoms with Crippen molar-refractivity contribution < 1.29 is 38.1 Å². The Labute approximate surface area is 447 Å². The second kappa shape index (κ2) is 22.8. The number of rotatable bonds is 12. The van der Waals surface area contributed by atoms with Crippen molar-refractivity contribution in [2.45, 2.75) is 113 Å². The zero-order valence-electron chi connectivity index (χ0n) is 44.2. The van der Waals surface area contributed by atoms with E-state index >= 15 is 0 Å². The summed E-state index contributed by atoms with van der Waals surface area (Å²) in [6.07, 6.45) is 14.1. The first-order valence-electron chi connectivity index (χ1n) is 26.8. The second-order valence-corrected chi connectivity index (χ2v) is 23.3. The molecular weight excluding hydrogens is 976 g/mol. The maximum absolute atomic E-state index is 12.8. The third-order valence-electron chi connectivity index (χ3n) is 17.1. The van der Waals surface area contributed by atoms with E-state index in [-0.39, 0.29) is 35.5 Å². The third kappa shape index (κ3) is 11.4. The Kier molecular flexibility index (Phi) is 16.4. The Hall–Kier alpha value is -5.46. The highest BCUT2D eigenvalue weighted by Crippen LogP contribution is 2.48. The average Bonchev–Trinajstić information content (AvgIpc) is 3.61. The highest BCUT2D eigenvalue weighted by molar-refractivity contribution is 6.31. The minimum absolute atomic E-state index is 0.0695. The van der Waals surface area contributed by atoms with Crippen molar-refractivity contribution in [3.63, 3.8) is 0 Å². The van der Waals surface area contributed by atoms with E-state index in [1.807, 2.05) is 36.4 Å². The number of hydrogen-bond donors (Lipinski definition) is 0. The highest BCUT2D eigenvalue weighted by Gasteiger charge is 2.45. The Bertz CT molecular complexity index is 2540. The minimum Gasteiger partial charge on any atom is -0.490 e. The summed E-state index contributed by atoms with van der Waals surface area (Å²) in [4.78, 5) is 58.7. The number of amides is 2. The Morgan fingerprint density at radius 3 is 1.35 bits per heavy atom. The van der Waals surface area contributed by atoms with E-state index in [4.69, 9.17) is 42.1 Å². The van der Waals surface area contributed by atoms with E-state index in [0.717, 1.165) is 109 Å². The van der Waals surface area contributed by atoms with Crippen LogP contribution < -0.4 is 19.3 Å². The monoisotopic (exact) mass is 1050 g/mol. The summed E-state index contributed by atoms with van der Waals surface area (Å²) in [6, 6.07) is 24.5. The molecule has 2 spiro atoms. The number of carbonyl (C=O) groups excluding carboxylic acids is 4. The average molecular weight is 1050 g/mol. The normalized spacial score (nSPS) is 21.7. The maximum atomic E-state index is 12.8. The summed E-state index contributed by atoms with van der Waals surface area (Å²) in [5.74, 6) is 0.657. The molecule has 0 bridgehead atoms. The van der Waals surface area contributed by atoms with Crippen molar-refractivity contribution >= 4 is 58.3 Å². The number of esters is 2. The standard InChI is InChI=1S/2C30H37ClN2O4/c2*1-32(2)28(34)16-24(29(35)36-3)21-9-12-27-26(15-21)33(17-20-6-4-7-20)18-30(19-37-27)13-5-8-22-14-23(31)10-11-25(22)30/h2*9-12,14-15,20,24H,4-8,13,16-19H2,1-3H3/t24-,30+;24-,30-/m10/s1. The summed E-state index contributed by atoms with van der Waals surface area (Å²) >= 11 is 12.7. The zero-order valence-corrected chi connectivity index (χ0v) is 45.7. The van der Waals surface area contributed by atoms with Gasteiger partial charge in [0.25, 0.3) is 0 Å². The second-order valence-electron chi connectivity index (χ2n) is 22.4. The van der Waals surface area contributed by atoms with Crippen LogP contribution in [0.3, 0.4) is 0 Å². The highest BCUT2D eigenvalue weighted by atomic mass is 35.5. The summed E-state index contributed by atoms with van der Waals surface area (Å²) in [7, 11) is 9.57. The molecule has 0 saturated heterocycles. The van der Waals surface area contributed by atoms with Crippen LogP contribution in [0.5, 0.6) is 11.5 Å². The SMILES string of the molecule is COC(=O)[C@@H](CC(=O)N(C)C)c1ccc2c(c1)N(CC1CCC1)C[C@@]1(CCCc3cc(Cl)ccc31)CO2.COC(=O)[C@H](CC(=O)N(C)C)c1ccc2c(c1)N(CC1CCC1)C[C@@]1(CCCc3cc(Cl)ccc31)CO2. The van der Waals surface area contributed by atoms with Gasteiger partial charge in [-0.2, -0.15) is 0 Å². The fourth-order valence-corrected chi connectivity index (χ4v) is 12.7. The number of methoxy groups -OCH3 is 2. The molecule has 6 aliphatic rings. The quantitative estimate of drug-likeness (QED) is 0.127. The number of ether oxygens (including phenoxy) is 4. The van der Waals surface area contributed by atoms with Crippen molar-refractivity contribution in [3.8, 4) is 11.5 Å². The molecule has 2 heterocycles. The molecule has 74 heavy (non-hydrogen) atoms. The van der Waals surface area contributed by atoms with E-state index < -0.39 is 23.8 Å². The summed E-state index contributed by atoms with van der Waals surface area (Å²) in [5.41, 5.74) is 8.69. The van der Waals surface area contributed by atoms with Crippen LogP contribution in [0.4, 0.5) is 11.4 Å². The first-order chi connectivity index (χ1) is 35.6. The van der Waals surface area contributed by atoms with Crippen LogP contribution in [0.1, 0.15) is 122 Å². The molecule has 4 aromatic carbocycles. The summed E-state index contributed by atoms with van der Waals surface area (Å²) in [6.45, 7) is 4.85. The first kappa shape index (κ1) is 53.4. The van der Waals surface area contributed by atoms with Gasteiger partial charge in [-0.1, -0.05) is 60.3 Å². The fourth-order valence-electron chi connectivity index (χ4n) is 12.3. The van der Waals surface area contributed by atoms with Gasteiger partial charge in [0, 0.05) is 88.1 Å². The van der Waals surface area contributed by atoms with Crippen LogP contribution >= 0.6 is 23.2 Å². The molecule has 14 heteroatoms. The van der Waals surface area contributed by atoms with Crippen LogP contribution in [-0.2, 0) is 52.3 Å². The van der Waals surface area contributed by atoms with Gasteiger partial charge in [-0.05, 0) is 158 Å². The lowest BCUT2D eigenvalue weighted by Crippen LogP contribution is -2.47. The van der Waals surface area contributed by atoms with E-state index in [9.17, 15) is 19.2 Å². The number of hydrogen-bond acceptors (Lipinski definition) is 10. The first-order valence-corrected chi connectivity index (χ1v) is 27.5. The Morgan fingerprint density at radius 1 is 0.595 bits per heavy atom. The number of nitrogens with zero attached hydrogens (tertiary/aromatic N) is 4. The lowest BCUT2D eigenvalue weighted by Gasteiger charge is -2.42. The molecule has 2 fully saturated rings. The van der Waals surface area contributed by atoms with Crippen molar-refractivity contribution in [2.24, 2.45) is 11.8 Å². The predicted molar refractivity (Wildman–Crippen MR) is 291 cm³/mol. The summed E-state index contributed by atoms with van der Waals surface area (Å²) in [5, 5.41) is 1.57. The van der Waals surface area contributed by atoms with Gasteiger partial charge in [0.1, 0.15) is 11.5 Å². The van der Waals surface area contributed by atoms with Crippen LogP contribution in [0.2, 0.25) is 10.0 Å². The fraction of sp³-hybridized carbons (Fsp3) is 0.533. The van der Waals surface area contributed by atoms with E-state index in [1.54, 1.807) is 28.2 Å². The molecule has 0 N–H and O–H groups in total. The van der Waals surface area contributed by atoms with E-state index in [2.05, 4.69) is 46.2 Å². The molecule has 10 rings (SSSR count). The van der Waals surface area contributed by atoms with Gasteiger partial charge in [-0.15, -0.1) is 0 Å². The Balaban J connectivity index is 0.000000182. The van der Waals surface area contributed by atoms with Crippen LogP contribution in [0.15, 0.2) is 72.8 Å². The van der Waals surface area contributed by atoms with Gasteiger partial charge in [0.2, 0.25) is 11.8 Å². The molecule has 4 aliphatic carbocycles. The largest absolute Gasteiger partial charge is 0.490 e. The van der Waals surface area contributed by atoms with Gasteiger partial charge in [0.05, 0.1) is 50.6 Å². The smallest absolute Gasteiger partial charge is 0.313 e. The molecule has 0 radical (unpaired) electrons. The minimum atomic E-state index is -0.662. The number of anilines is 2. The molecule has 4 atom stereocenters. The Morgan fingerprint density at radius 2 is 1.00 bits per heavy atom. The molecule has 2 aliphatic heterocycles. The molecular formula is C60H74Cl2N4O8. The van der Waals surface area contributed by atoms with Gasteiger partial charge in [-0.3, -0.25) is 19.2 Å². The number of fused-ring (bicyclic) bond motifs is 6. The zero-order chi connectivity index (χ0) is 52.3. The number of halogens is 2. The molecule has 4 aromatic rings. The number of aryl methyl sites for hydroxylation is 2. The predicted octanol–water partition coefficient (Wildman–Crippen LogP) is 10.7. The summed E-state index contributed by atoms with van der Waals surface area (Å²) < 4.78 is 23.3. The molecule has 2 amide bonds. The van der Waals surface area contributed by atoms with Gasteiger partial charge in [-0.25, -0.2) is 0 Å². The molecule has 396 valence electrons. The van der Waals surface area contributed by atoms with Gasteiger partial charge in [0.15, 0.2) is 0 Å².